The summed E-state index contributed by atoms with van der Waals surface area (Å²) in [5.41, 5.74) is 1.19. The van der Waals surface area contributed by atoms with E-state index in [-0.39, 0.29) is 17.7 Å². The van der Waals surface area contributed by atoms with E-state index < -0.39 is 0 Å². The summed E-state index contributed by atoms with van der Waals surface area (Å²) in [6, 6.07) is 4.03. The van der Waals surface area contributed by atoms with E-state index in [9.17, 15) is 9.59 Å². The highest BCUT2D eigenvalue weighted by molar-refractivity contribution is 5.80. The van der Waals surface area contributed by atoms with E-state index in [0.29, 0.717) is 25.9 Å². The zero-order chi connectivity index (χ0) is 19.3. The molecule has 7 heteroatoms. The van der Waals surface area contributed by atoms with Crippen LogP contribution in [0.4, 0.5) is 0 Å². The maximum atomic E-state index is 12.7. The van der Waals surface area contributed by atoms with E-state index in [4.69, 9.17) is 0 Å². The number of hydrogen-bond acceptors (Lipinski definition) is 4. The molecule has 0 saturated carbocycles. The van der Waals surface area contributed by atoms with Crippen LogP contribution >= 0.6 is 0 Å². The van der Waals surface area contributed by atoms with Gasteiger partial charge >= 0.3 is 0 Å². The summed E-state index contributed by atoms with van der Waals surface area (Å²) in [5.74, 6) is 1.63. The lowest BCUT2D eigenvalue weighted by molar-refractivity contribution is -0.133. The number of carbonyl (C=O) groups is 2. The molecular formula is C21H27N5O2. The van der Waals surface area contributed by atoms with Gasteiger partial charge in [0, 0.05) is 76.3 Å². The third-order valence-corrected chi connectivity index (χ3v) is 5.76. The van der Waals surface area contributed by atoms with Gasteiger partial charge < -0.3 is 14.4 Å². The summed E-state index contributed by atoms with van der Waals surface area (Å²) in [6.45, 7) is 3.62. The van der Waals surface area contributed by atoms with Gasteiger partial charge in [0.25, 0.3) is 0 Å². The minimum atomic E-state index is 0.150. The van der Waals surface area contributed by atoms with Crippen LogP contribution in [0, 0.1) is 0 Å². The van der Waals surface area contributed by atoms with E-state index in [1.807, 2.05) is 34.3 Å². The molecule has 7 nitrogen and oxygen atoms in total. The molecule has 4 heterocycles. The van der Waals surface area contributed by atoms with Crippen LogP contribution in [0.2, 0.25) is 0 Å². The SMILES string of the molecule is O=C1CCCN1CCC(=O)N1CCC[C@@H](c2nccn2Cc2ccncc2)C1. The number of amides is 2. The Bertz CT molecular complexity index is 819. The Kier molecular flexibility index (Phi) is 5.69. The third-order valence-electron chi connectivity index (χ3n) is 5.76. The standard InChI is InChI=1S/C21H27N5O2/c27-19-4-2-11-24(19)13-7-20(28)25-12-1-3-18(16-25)21-23-10-14-26(21)15-17-5-8-22-9-6-17/h5-6,8-10,14,18H,1-4,7,11-13,15-16H2/t18-/m1/s1. The Morgan fingerprint density at radius 1 is 1.14 bits per heavy atom. The Morgan fingerprint density at radius 3 is 2.79 bits per heavy atom. The van der Waals surface area contributed by atoms with E-state index in [0.717, 1.165) is 44.7 Å². The van der Waals surface area contributed by atoms with Crippen molar-refractivity contribution >= 4 is 11.8 Å². The highest BCUT2D eigenvalue weighted by Gasteiger charge is 2.28. The summed E-state index contributed by atoms with van der Waals surface area (Å²) in [6.07, 6.45) is 11.5. The van der Waals surface area contributed by atoms with Crippen LogP contribution in [0.1, 0.15) is 49.4 Å². The van der Waals surface area contributed by atoms with Crippen molar-refractivity contribution in [1.29, 1.82) is 0 Å². The van der Waals surface area contributed by atoms with E-state index in [1.165, 1.54) is 5.56 Å². The first-order valence-corrected chi connectivity index (χ1v) is 10.2. The smallest absolute Gasteiger partial charge is 0.224 e. The minimum absolute atomic E-state index is 0.150. The predicted molar refractivity (Wildman–Crippen MR) is 105 cm³/mol. The normalized spacial score (nSPS) is 20.0. The van der Waals surface area contributed by atoms with Gasteiger partial charge in [-0.25, -0.2) is 4.98 Å². The van der Waals surface area contributed by atoms with Crippen molar-refractivity contribution < 1.29 is 9.59 Å². The number of imidazole rings is 1. The number of hydrogen-bond donors (Lipinski definition) is 0. The Balaban J connectivity index is 1.37. The van der Waals surface area contributed by atoms with Gasteiger partial charge in [0.1, 0.15) is 5.82 Å². The van der Waals surface area contributed by atoms with Gasteiger partial charge in [0.15, 0.2) is 0 Å². The van der Waals surface area contributed by atoms with Crippen LogP contribution in [0.5, 0.6) is 0 Å². The van der Waals surface area contributed by atoms with Crippen molar-refractivity contribution in [3.05, 3.63) is 48.3 Å². The van der Waals surface area contributed by atoms with E-state index in [1.54, 1.807) is 12.4 Å². The highest BCUT2D eigenvalue weighted by atomic mass is 16.2. The first kappa shape index (κ1) is 18.7. The van der Waals surface area contributed by atoms with Gasteiger partial charge in [-0.3, -0.25) is 14.6 Å². The molecule has 4 rings (SSSR count). The van der Waals surface area contributed by atoms with Crippen molar-refractivity contribution in [2.75, 3.05) is 26.2 Å². The molecule has 0 spiro atoms. The van der Waals surface area contributed by atoms with Crippen LogP contribution in [0.3, 0.4) is 0 Å². The minimum Gasteiger partial charge on any atom is -0.342 e. The Morgan fingerprint density at radius 2 is 2.00 bits per heavy atom. The fourth-order valence-corrected chi connectivity index (χ4v) is 4.24. The van der Waals surface area contributed by atoms with Crippen LogP contribution in [-0.4, -0.2) is 62.3 Å². The summed E-state index contributed by atoms with van der Waals surface area (Å²) < 4.78 is 2.18. The molecule has 2 fully saturated rings. The molecule has 2 aromatic rings. The maximum Gasteiger partial charge on any atom is 0.224 e. The van der Waals surface area contributed by atoms with Crippen molar-refractivity contribution in [2.45, 2.75) is 44.6 Å². The lowest BCUT2D eigenvalue weighted by Gasteiger charge is -2.33. The summed E-state index contributed by atoms with van der Waals surface area (Å²) in [4.78, 5) is 36.9. The number of likely N-dealkylation sites (tertiary alicyclic amines) is 2. The van der Waals surface area contributed by atoms with Crippen molar-refractivity contribution in [2.24, 2.45) is 0 Å². The second-order valence-electron chi connectivity index (χ2n) is 7.68. The molecule has 2 saturated heterocycles. The monoisotopic (exact) mass is 381 g/mol. The molecule has 28 heavy (non-hydrogen) atoms. The van der Waals surface area contributed by atoms with E-state index in [2.05, 4.69) is 14.5 Å². The van der Waals surface area contributed by atoms with Gasteiger partial charge in [-0.15, -0.1) is 0 Å². The molecule has 0 N–H and O–H groups in total. The molecule has 0 aliphatic carbocycles. The highest BCUT2D eigenvalue weighted by Crippen LogP contribution is 2.27. The molecule has 0 aromatic carbocycles. The predicted octanol–water partition coefficient (Wildman–Crippen LogP) is 2.04. The zero-order valence-corrected chi connectivity index (χ0v) is 16.2. The summed E-state index contributed by atoms with van der Waals surface area (Å²) >= 11 is 0. The first-order valence-electron chi connectivity index (χ1n) is 10.2. The number of piperidine rings is 1. The summed E-state index contributed by atoms with van der Waals surface area (Å²) in [7, 11) is 0. The Hall–Kier alpha value is -2.70. The van der Waals surface area contributed by atoms with Gasteiger partial charge in [0.2, 0.25) is 11.8 Å². The van der Waals surface area contributed by atoms with Crippen molar-refractivity contribution in [1.82, 2.24) is 24.3 Å². The average molecular weight is 381 g/mol. The number of carbonyl (C=O) groups excluding carboxylic acids is 2. The molecule has 0 radical (unpaired) electrons. The number of aromatic nitrogens is 3. The molecule has 2 amide bonds. The van der Waals surface area contributed by atoms with Crippen LogP contribution in [0.25, 0.3) is 0 Å². The van der Waals surface area contributed by atoms with Crippen molar-refractivity contribution in [3.8, 4) is 0 Å². The van der Waals surface area contributed by atoms with Gasteiger partial charge in [-0.1, -0.05) is 0 Å². The van der Waals surface area contributed by atoms with Crippen LogP contribution < -0.4 is 0 Å². The lowest BCUT2D eigenvalue weighted by Crippen LogP contribution is -2.41. The fraction of sp³-hybridized carbons (Fsp3) is 0.524. The van der Waals surface area contributed by atoms with E-state index >= 15 is 0 Å². The molecule has 148 valence electrons. The second-order valence-corrected chi connectivity index (χ2v) is 7.68. The van der Waals surface area contributed by atoms with Gasteiger partial charge in [0.05, 0.1) is 0 Å². The van der Waals surface area contributed by atoms with Crippen LogP contribution in [0.15, 0.2) is 36.9 Å². The summed E-state index contributed by atoms with van der Waals surface area (Å²) in [5, 5.41) is 0. The zero-order valence-electron chi connectivity index (χ0n) is 16.2. The molecule has 1 atom stereocenters. The molecule has 2 aliphatic heterocycles. The molecule has 2 aliphatic rings. The van der Waals surface area contributed by atoms with Crippen molar-refractivity contribution in [3.63, 3.8) is 0 Å². The molecule has 0 unspecified atom stereocenters. The largest absolute Gasteiger partial charge is 0.342 e. The molecule has 0 bridgehead atoms. The second kappa shape index (κ2) is 8.54. The number of rotatable bonds is 6. The Labute approximate surface area is 165 Å². The van der Waals surface area contributed by atoms with Gasteiger partial charge in [-0.05, 0) is 37.0 Å². The lowest BCUT2D eigenvalue weighted by atomic mass is 9.96. The molecular weight excluding hydrogens is 354 g/mol. The average Bonchev–Trinajstić information content (AvgIpc) is 3.36. The number of pyridine rings is 1. The van der Waals surface area contributed by atoms with Gasteiger partial charge in [-0.2, -0.15) is 0 Å². The first-order chi connectivity index (χ1) is 13.7. The topological polar surface area (TPSA) is 71.3 Å². The maximum absolute atomic E-state index is 12.7. The van der Waals surface area contributed by atoms with Crippen LogP contribution in [-0.2, 0) is 16.1 Å². The number of nitrogens with zero attached hydrogens (tertiary/aromatic N) is 5. The quantitative estimate of drug-likeness (QED) is 0.768. The third kappa shape index (κ3) is 4.24. The molecule has 2 aromatic heterocycles. The fourth-order valence-electron chi connectivity index (χ4n) is 4.24.